The summed E-state index contributed by atoms with van der Waals surface area (Å²) in [5.74, 6) is -2.52. The first-order valence-electron chi connectivity index (χ1n) is 6.34. The van der Waals surface area contributed by atoms with E-state index in [9.17, 15) is 28.0 Å². The van der Waals surface area contributed by atoms with Crippen molar-refractivity contribution in [2.75, 3.05) is 0 Å². The van der Waals surface area contributed by atoms with E-state index in [1.807, 2.05) is 0 Å². The molecule has 0 heterocycles. The maximum Gasteiger partial charge on any atom is 0.493 e. The zero-order valence-corrected chi connectivity index (χ0v) is 12.9. The second-order valence-electron chi connectivity index (χ2n) is 4.98. The van der Waals surface area contributed by atoms with Crippen molar-refractivity contribution in [3.05, 3.63) is 47.5 Å². The normalized spacial score (nSPS) is 17.5. The smallest absolute Gasteiger partial charge is 0.183 e. The van der Waals surface area contributed by atoms with Crippen LogP contribution in [-0.2, 0) is 20.8 Å². The van der Waals surface area contributed by atoms with Gasteiger partial charge in [0.15, 0.2) is 0 Å². The fourth-order valence-corrected chi connectivity index (χ4v) is 3.88. The standard InChI is InChI=1S/C13H10Cl2O8/c16-14(17,18)22-13(23-15(19,20)21)8-7-10-4-1-3-9-5-2-6-11(13)12(9)10/h1-6H,7-8H2. The molecule has 0 bridgehead atoms. The molecular formula is C13H10Cl2O8. The van der Waals surface area contributed by atoms with Crippen molar-refractivity contribution in [1.29, 1.82) is 0 Å². The molecule has 0 aromatic heterocycles. The van der Waals surface area contributed by atoms with Crippen LogP contribution < -0.4 is 28.0 Å². The summed E-state index contributed by atoms with van der Waals surface area (Å²) in [6.45, 7) is 0. The maximum absolute atomic E-state index is 11.0. The van der Waals surface area contributed by atoms with Crippen LogP contribution in [0.15, 0.2) is 36.4 Å². The lowest BCUT2D eigenvalue weighted by molar-refractivity contribution is -1.94. The lowest BCUT2D eigenvalue weighted by atomic mass is 9.85. The van der Waals surface area contributed by atoms with Crippen LogP contribution in [0.4, 0.5) is 0 Å². The van der Waals surface area contributed by atoms with E-state index in [2.05, 4.69) is 8.58 Å². The third-order valence-electron chi connectivity index (χ3n) is 3.56. The first-order valence-corrected chi connectivity index (χ1v) is 8.81. The molecule has 1 aliphatic carbocycles. The number of rotatable bonds is 4. The summed E-state index contributed by atoms with van der Waals surface area (Å²) in [6.07, 6.45) is -0.170. The Hall–Kier alpha value is -1.04. The van der Waals surface area contributed by atoms with Crippen LogP contribution in [0, 0.1) is 20.5 Å². The number of aryl methyl sites for hydroxylation is 1. The fourth-order valence-electron chi connectivity index (χ4n) is 2.86. The first kappa shape index (κ1) is 16.8. The van der Waals surface area contributed by atoms with Crippen LogP contribution >= 0.6 is 0 Å². The highest BCUT2D eigenvalue weighted by Crippen LogP contribution is 2.44. The molecule has 10 heteroatoms. The monoisotopic (exact) mass is 364 g/mol. The van der Waals surface area contributed by atoms with Gasteiger partial charge in [-0.3, -0.25) is 0 Å². The summed E-state index contributed by atoms with van der Waals surface area (Å²) in [7, 11) is -10.1. The zero-order chi connectivity index (χ0) is 16.9. The highest BCUT2D eigenvalue weighted by atomic mass is 35.7. The minimum atomic E-state index is -5.04. The van der Waals surface area contributed by atoms with Crippen LogP contribution in [0.2, 0.25) is 0 Å². The van der Waals surface area contributed by atoms with Crippen LogP contribution in [0.25, 0.3) is 10.8 Å². The Bertz CT molecular complexity index is 716. The van der Waals surface area contributed by atoms with E-state index in [-0.39, 0.29) is 18.4 Å². The molecule has 0 radical (unpaired) electrons. The molecule has 0 spiro atoms. The summed E-state index contributed by atoms with van der Waals surface area (Å²) in [5, 5.41) is 1.15. The van der Waals surface area contributed by atoms with Gasteiger partial charge in [0.05, 0.1) is 26.0 Å². The van der Waals surface area contributed by atoms with Gasteiger partial charge in [0.1, 0.15) is 8.58 Å². The highest BCUT2D eigenvalue weighted by molar-refractivity contribution is 5.90. The Kier molecular flexibility index (Phi) is 4.02. The van der Waals surface area contributed by atoms with Gasteiger partial charge < -0.3 is 0 Å². The largest absolute Gasteiger partial charge is 0.493 e. The molecule has 0 fully saturated rings. The van der Waals surface area contributed by atoms with Gasteiger partial charge in [-0.1, -0.05) is 36.4 Å². The Balaban J connectivity index is 2.23. The topological polar surface area (TPSA) is 157 Å². The quantitative estimate of drug-likeness (QED) is 0.493. The van der Waals surface area contributed by atoms with Crippen LogP contribution in [-0.4, -0.2) is 0 Å². The third-order valence-corrected chi connectivity index (χ3v) is 4.44. The van der Waals surface area contributed by atoms with E-state index in [4.69, 9.17) is 0 Å². The van der Waals surface area contributed by atoms with E-state index >= 15 is 0 Å². The average Bonchev–Trinajstić information content (AvgIpc) is 2.40. The van der Waals surface area contributed by atoms with Crippen molar-refractivity contribution in [1.82, 2.24) is 0 Å². The van der Waals surface area contributed by atoms with Crippen molar-refractivity contribution >= 4 is 10.8 Å². The molecular weight excluding hydrogens is 355 g/mol. The van der Waals surface area contributed by atoms with Crippen LogP contribution in [0.3, 0.4) is 0 Å². The lowest BCUT2D eigenvalue weighted by Crippen LogP contribution is -2.69. The van der Waals surface area contributed by atoms with Gasteiger partial charge >= 0.3 is 5.79 Å². The molecule has 0 unspecified atom stereocenters. The molecule has 2 aromatic carbocycles. The van der Waals surface area contributed by atoms with Crippen molar-refractivity contribution in [2.45, 2.75) is 18.6 Å². The molecule has 2 aromatic rings. The van der Waals surface area contributed by atoms with Gasteiger partial charge in [0.2, 0.25) is 0 Å². The van der Waals surface area contributed by atoms with Crippen molar-refractivity contribution in [3.63, 3.8) is 0 Å². The number of halogens is 2. The van der Waals surface area contributed by atoms with Gasteiger partial charge in [0, 0.05) is 6.42 Å². The SMILES string of the molecule is [O-][Cl+3]([O-])([O-])OC1(O[Cl+3]([O-])([O-])[O-])CCc2cccc3cccc1c23. The van der Waals surface area contributed by atoms with Crippen molar-refractivity contribution in [2.24, 2.45) is 0 Å². The molecule has 0 N–H and O–H groups in total. The summed E-state index contributed by atoms with van der Waals surface area (Å²) in [6, 6.07) is 9.84. The molecule has 8 nitrogen and oxygen atoms in total. The molecule has 3 rings (SSSR count). The van der Waals surface area contributed by atoms with Crippen LogP contribution in [0.1, 0.15) is 17.5 Å². The van der Waals surface area contributed by atoms with Gasteiger partial charge in [0.25, 0.3) is 0 Å². The zero-order valence-electron chi connectivity index (χ0n) is 11.4. The molecule has 23 heavy (non-hydrogen) atoms. The summed E-state index contributed by atoms with van der Waals surface area (Å²) in [4.78, 5) is 0. The van der Waals surface area contributed by atoms with E-state index in [1.165, 1.54) is 12.1 Å². The second kappa shape index (κ2) is 5.50. The summed E-state index contributed by atoms with van der Waals surface area (Å²) < 4.78 is 75.0. The molecule has 0 aliphatic heterocycles. The Morgan fingerprint density at radius 3 is 1.96 bits per heavy atom. The van der Waals surface area contributed by atoms with Gasteiger partial charge in [-0.15, -0.1) is 0 Å². The fraction of sp³-hybridized carbons (Fsp3) is 0.231. The van der Waals surface area contributed by atoms with Gasteiger partial charge in [-0.2, -0.15) is 28.0 Å². The van der Waals surface area contributed by atoms with E-state index in [0.29, 0.717) is 10.8 Å². The lowest BCUT2D eigenvalue weighted by Gasteiger charge is -2.30. The van der Waals surface area contributed by atoms with E-state index in [1.54, 1.807) is 24.3 Å². The van der Waals surface area contributed by atoms with E-state index < -0.39 is 26.3 Å². The van der Waals surface area contributed by atoms with Crippen molar-refractivity contribution in [3.8, 4) is 0 Å². The number of hydrogen-bond acceptors (Lipinski definition) is 8. The summed E-state index contributed by atoms with van der Waals surface area (Å²) in [5.41, 5.74) is 0.788. The Labute approximate surface area is 134 Å². The molecule has 0 amide bonds. The van der Waals surface area contributed by atoms with Crippen molar-refractivity contribution < 1.29 is 57.0 Å². The average molecular weight is 365 g/mol. The third kappa shape index (κ3) is 3.42. The Morgan fingerprint density at radius 2 is 1.39 bits per heavy atom. The first-order chi connectivity index (χ1) is 10.6. The minimum Gasteiger partial charge on any atom is -0.183 e. The molecule has 0 saturated heterocycles. The Morgan fingerprint density at radius 1 is 0.826 bits per heavy atom. The summed E-state index contributed by atoms with van der Waals surface area (Å²) >= 11 is 0. The second-order valence-corrected chi connectivity index (χ2v) is 6.80. The molecule has 0 atom stereocenters. The molecule has 124 valence electrons. The molecule has 0 saturated carbocycles. The molecule has 1 aliphatic rings. The predicted octanol–water partition coefficient (Wildman–Crippen LogP) is -4.23. The number of hydrogen-bond donors (Lipinski definition) is 0. The van der Waals surface area contributed by atoms with Gasteiger partial charge in [-0.05, 0) is 22.8 Å². The maximum atomic E-state index is 11.0. The highest BCUT2D eigenvalue weighted by Gasteiger charge is 2.63. The minimum absolute atomic E-state index is 0.00398. The van der Waals surface area contributed by atoms with Gasteiger partial charge in [-0.25, -0.2) is 0 Å². The predicted molar refractivity (Wildman–Crippen MR) is 56.1 cm³/mol. The van der Waals surface area contributed by atoms with E-state index in [0.717, 1.165) is 5.56 Å². The van der Waals surface area contributed by atoms with Crippen LogP contribution in [0.5, 0.6) is 0 Å². The number of benzene rings is 2.